The Labute approximate surface area is 118 Å². The van der Waals surface area contributed by atoms with Crippen LogP contribution < -0.4 is 5.32 Å². The molecule has 1 atom stereocenters. The van der Waals surface area contributed by atoms with E-state index in [1.54, 1.807) is 0 Å². The molecular weight excluding hydrogens is 232 g/mol. The fourth-order valence-corrected chi connectivity index (χ4v) is 3.13. The molecule has 1 aliphatic rings. The van der Waals surface area contributed by atoms with Crippen LogP contribution in [0.25, 0.3) is 0 Å². The third-order valence-corrected chi connectivity index (χ3v) is 4.48. The van der Waals surface area contributed by atoms with Crippen molar-refractivity contribution in [3.63, 3.8) is 0 Å². The van der Waals surface area contributed by atoms with Crippen molar-refractivity contribution in [2.45, 2.75) is 64.3 Å². The second-order valence-corrected chi connectivity index (χ2v) is 6.10. The first-order chi connectivity index (χ1) is 9.28. The van der Waals surface area contributed by atoms with E-state index in [0.717, 1.165) is 12.3 Å². The Kier molecular flexibility index (Phi) is 5.84. The predicted octanol–water partition coefficient (Wildman–Crippen LogP) is 3.88. The summed E-state index contributed by atoms with van der Waals surface area (Å²) in [6.45, 7) is 2.09. The molecule has 1 saturated carbocycles. The maximum atomic E-state index is 4.52. The minimum Gasteiger partial charge on any atom is -0.317 e. The van der Waals surface area contributed by atoms with Gasteiger partial charge < -0.3 is 5.32 Å². The number of hydrogen-bond donors (Lipinski definition) is 1. The third kappa shape index (κ3) is 4.94. The van der Waals surface area contributed by atoms with Gasteiger partial charge in [-0.2, -0.15) is 0 Å². The van der Waals surface area contributed by atoms with E-state index < -0.39 is 0 Å². The summed E-state index contributed by atoms with van der Waals surface area (Å²) in [5, 5.41) is 3.46. The van der Waals surface area contributed by atoms with E-state index in [1.807, 2.05) is 6.20 Å². The molecule has 1 unspecified atom stereocenters. The van der Waals surface area contributed by atoms with Crippen LogP contribution in [0.3, 0.4) is 0 Å². The lowest BCUT2D eigenvalue weighted by atomic mass is 9.85. The van der Waals surface area contributed by atoms with Crippen LogP contribution in [-0.2, 0) is 6.42 Å². The van der Waals surface area contributed by atoms with Crippen LogP contribution in [-0.4, -0.2) is 18.1 Å². The second kappa shape index (κ2) is 7.64. The molecule has 0 aromatic carbocycles. The van der Waals surface area contributed by atoms with Gasteiger partial charge in [-0.25, -0.2) is 0 Å². The Morgan fingerprint density at radius 2 is 2.05 bits per heavy atom. The molecule has 0 spiro atoms. The minimum absolute atomic E-state index is 0.581. The highest BCUT2D eigenvalue weighted by atomic mass is 14.9. The summed E-state index contributed by atoms with van der Waals surface area (Å²) in [4.78, 5) is 4.52. The number of nitrogens with zero attached hydrogens (tertiary/aromatic N) is 1. The fourth-order valence-electron chi connectivity index (χ4n) is 3.13. The number of rotatable bonds is 6. The summed E-state index contributed by atoms with van der Waals surface area (Å²) in [5.41, 5.74) is 2.46. The molecule has 0 radical (unpaired) electrons. The molecule has 2 heteroatoms. The molecule has 0 aliphatic heterocycles. The van der Waals surface area contributed by atoms with E-state index >= 15 is 0 Å². The lowest BCUT2D eigenvalue weighted by Gasteiger charge is -2.24. The van der Waals surface area contributed by atoms with Crippen molar-refractivity contribution in [3.8, 4) is 0 Å². The molecule has 2 rings (SSSR count). The zero-order chi connectivity index (χ0) is 13.5. The van der Waals surface area contributed by atoms with Gasteiger partial charge in [0.25, 0.3) is 0 Å². The third-order valence-electron chi connectivity index (χ3n) is 4.48. The Morgan fingerprint density at radius 3 is 2.68 bits per heavy atom. The first kappa shape index (κ1) is 14.5. The maximum Gasteiger partial charge on any atom is 0.0419 e. The molecule has 0 saturated heterocycles. The van der Waals surface area contributed by atoms with Crippen LogP contribution in [0.2, 0.25) is 0 Å². The SMILES string of the molecule is CNC(CCC1CCCCC1)Cc1ccc(C)cn1. The van der Waals surface area contributed by atoms with Crippen molar-refractivity contribution < 1.29 is 0 Å². The van der Waals surface area contributed by atoms with E-state index in [4.69, 9.17) is 0 Å². The second-order valence-electron chi connectivity index (χ2n) is 6.10. The molecule has 19 heavy (non-hydrogen) atoms. The normalized spacial score (nSPS) is 18.4. The van der Waals surface area contributed by atoms with Gasteiger partial charge in [0.05, 0.1) is 0 Å². The summed E-state index contributed by atoms with van der Waals surface area (Å²) < 4.78 is 0. The van der Waals surface area contributed by atoms with Crippen molar-refractivity contribution in [1.82, 2.24) is 10.3 Å². The average molecular weight is 260 g/mol. The summed E-state index contributed by atoms with van der Waals surface area (Å²) in [6, 6.07) is 4.91. The monoisotopic (exact) mass is 260 g/mol. The van der Waals surface area contributed by atoms with Gasteiger partial charge in [0.2, 0.25) is 0 Å². The minimum atomic E-state index is 0.581. The predicted molar refractivity (Wildman–Crippen MR) is 81.3 cm³/mol. The van der Waals surface area contributed by atoms with Gasteiger partial charge in [0, 0.05) is 24.4 Å². The number of pyridine rings is 1. The van der Waals surface area contributed by atoms with Crippen molar-refractivity contribution in [1.29, 1.82) is 0 Å². The molecule has 1 N–H and O–H groups in total. The Bertz CT molecular complexity index is 352. The lowest BCUT2D eigenvalue weighted by Crippen LogP contribution is -2.28. The molecule has 1 aromatic rings. The standard InChI is InChI=1S/C17H28N2/c1-14-8-10-17(19-13-14)12-16(18-2)11-9-15-6-4-3-5-7-15/h8,10,13,15-16,18H,3-7,9,11-12H2,1-2H3. The molecule has 1 aromatic heterocycles. The number of nitrogens with one attached hydrogen (secondary N) is 1. The van der Waals surface area contributed by atoms with Crippen LogP contribution in [0.5, 0.6) is 0 Å². The highest BCUT2D eigenvalue weighted by Gasteiger charge is 2.16. The Balaban J connectivity index is 1.77. The van der Waals surface area contributed by atoms with E-state index in [1.165, 1.54) is 56.2 Å². The fraction of sp³-hybridized carbons (Fsp3) is 0.706. The topological polar surface area (TPSA) is 24.9 Å². The van der Waals surface area contributed by atoms with Gasteiger partial charge in [0.15, 0.2) is 0 Å². The van der Waals surface area contributed by atoms with Gasteiger partial charge in [0.1, 0.15) is 0 Å². The molecule has 106 valence electrons. The van der Waals surface area contributed by atoms with E-state index in [0.29, 0.717) is 6.04 Å². The van der Waals surface area contributed by atoms with Crippen LogP contribution in [0.4, 0.5) is 0 Å². The van der Waals surface area contributed by atoms with Crippen LogP contribution in [0.15, 0.2) is 18.3 Å². The van der Waals surface area contributed by atoms with Gasteiger partial charge in [-0.05, 0) is 44.4 Å². The molecule has 1 aliphatic carbocycles. The molecule has 1 heterocycles. The van der Waals surface area contributed by atoms with Crippen molar-refractivity contribution in [2.75, 3.05) is 7.05 Å². The van der Waals surface area contributed by atoms with Crippen molar-refractivity contribution >= 4 is 0 Å². The maximum absolute atomic E-state index is 4.52. The van der Waals surface area contributed by atoms with Crippen molar-refractivity contribution in [2.24, 2.45) is 5.92 Å². The number of aryl methyl sites for hydroxylation is 1. The highest BCUT2D eigenvalue weighted by Crippen LogP contribution is 2.27. The van der Waals surface area contributed by atoms with Crippen LogP contribution >= 0.6 is 0 Å². The zero-order valence-electron chi connectivity index (χ0n) is 12.5. The summed E-state index contributed by atoms with van der Waals surface area (Å²) in [7, 11) is 2.08. The van der Waals surface area contributed by atoms with E-state index in [2.05, 4.69) is 36.4 Å². The molecule has 1 fully saturated rings. The van der Waals surface area contributed by atoms with Crippen molar-refractivity contribution in [3.05, 3.63) is 29.6 Å². The number of likely N-dealkylation sites (N-methyl/N-ethyl adjacent to an activating group) is 1. The van der Waals surface area contributed by atoms with Gasteiger partial charge in [-0.1, -0.05) is 38.2 Å². The zero-order valence-corrected chi connectivity index (χ0v) is 12.5. The first-order valence-corrected chi connectivity index (χ1v) is 7.86. The molecule has 2 nitrogen and oxygen atoms in total. The number of hydrogen-bond acceptors (Lipinski definition) is 2. The summed E-state index contributed by atoms with van der Waals surface area (Å²) >= 11 is 0. The lowest BCUT2D eigenvalue weighted by molar-refractivity contribution is 0.315. The Hall–Kier alpha value is -0.890. The largest absolute Gasteiger partial charge is 0.317 e. The van der Waals surface area contributed by atoms with Crippen LogP contribution in [0.1, 0.15) is 56.2 Å². The first-order valence-electron chi connectivity index (χ1n) is 7.86. The Morgan fingerprint density at radius 1 is 1.26 bits per heavy atom. The summed E-state index contributed by atoms with van der Waals surface area (Å²) in [5.74, 6) is 0.982. The molecule has 0 amide bonds. The smallest absolute Gasteiger partial charge is 0.0419 e. The average Bonchev–Trinajstić information content (AvgIpc) is 2.46. The van der Waals surface area contributed by atoms with Gasteiger partial charge >= 0.3 is 0 Å². The molecular formula is C17H28N2. The van der Waals surface area contributed by atoms with Gasteiger partial charge in [-0.15, -0.1) is 0 Å². The van der Waals surface area contributed by atoms with Gasteiger partial charge in [-0.3, -0.25) is 4.98 Å². The van der Waals surface area contributed by atoms with E-state index in [9.17, 15) is 0 Å². The number of aromatic nitrogens is 1. The summed E-state index contributed by atoms with van der Waals surface area (Å²) in [6.07, 6.45) is 13.0. The quantitative estimate of drug-likeness (QED) is 0.839. The van der Waals surface area contributed by atoms with Crippen LogP contribution in [0, 0.1) is 12.8 Å². The van der Waals surface area contributed by atoms with E-state index in [-0.39, 0.29) is 0 Å². The molecule has 0 bridgehead atoms. The highest BCUT2D eigenvalue weighted by molar-refractivity contribution is 5.13.